The van der Waals surface area contributed by atoms with Crippen LogP contribution in [0.4, 0.5) is 5.13 Å². The number of ether oxygens (including phenoxy) is 1. The van der Waals surface area contributed by atoms with Gasteiger partial charge in [0.1, 0.15) is 6.04 Å². The number of hydrogen-bond acceptors (Lipinski definition) is 7. The van der Waals surface area contributed by atoms with Crippen molar-refractivity contribution in [2.75, 3.05) is 39.0 Å². The predicted octanol–water partition coefficient (Wildman–Crippen LogP) is 2.83. The number of anilines is 1. The van der Waals surface area contributed by atoms with Crippen molar-refractivity contribution in [3.05, 3.63) is 45.9 Å². The zero-order valence-corrected chi connectivity index (χ0v) is 16.8. The maximum Gasteiger partial charge on any atom is 0.327 e. The maximum atomic E-state index is 12.4. The molecule has 0 radical (unpaired) electrons. The molecular formula is C17H22Cl2N4O2S. The summed E-state index contributed by atoms with van der Waals surface area (Å²) in [6.07, 6.45) is 1.83. The molecule has 0 spiro atoms. The van der Waals surface area contributed by atoms with Gasteiger partial charge in [-0.1, -0.05) is 23.7 Å². The van der Waals surface area contributed by atoms with E-state index in [1.807, 2.05) is 24.4 Å². The van der Waals surface area contributed by atoms with E-state index >= 15 is 0 Å². The number of aromatic nitrogens is 1. The van der Waals surface area contributed by atoms with Crippen molar-refractivity contribution in [3.8, 4) is 0 Å². The second-order valence-corrected chi connectivity index (χ2v) is 7.54. The van der Waals surface area contributed by atoms with Crippen LogP contribution >= 0.6 is 35.3 Å². The molecule has 2 heterocycles. The lowest BCUT2D eigenvalue weighted by molar-refractivity contribution is -0.148. The van der Waals surface area contributed by atoms with E-state index in [1.54, 1.807) is 6.07 Å². The van der Waals surface area contributed by atoms with Crippen LogP contribution in [0, 0.1) is 0 Å². The Bertz CT molecular complexity index is 735. The van der Waals surface area contributed by atoms with Crippen molar-refractivity contribution in [2.24, 2.45) is 0 Å². The molecule has 0 saturated carbocycles. The molecule has 0 amide bonds. The van der Waals surface area contributed by atoms with Gasteiger partial charge in [0.15, 0.2) is 5.13 Å². The third-order valence-electron chi connectivity index (χ3n) is 4.31. The average Bonchev–Trinajstić information content (AvgIpc) is 3.01. The first kappa shape index (κ1) is 20.9. The first-order valence-corrected chi connectivity index (χ1v) is 9.26. The van der Waals surface area contributed by atoms with Gasteiger partial charge >= 0.3 is 5.97 Å². The fourth-order valence-corrected chi connectivity index (χ4v) is 4.01. The van der Waals surface area contributed by atoms with Gasteiger partial charge in [0, 0.05) is 48.8 Å². The summed E-state index contributed by atoms with van der Waals surface area (Å²) in [7, 11) is 1.42. The smallest absolute Gasteiger partial charge is 0.327 e. The van der Waals surface area contributed by atoms with Crippen molar-refractivity contribution in [3.63, 3.8) is 0 Å². The van der Waals surface area contributed by atoms with E-state index in [0.717, 1.165) is 43.2 Å². The van der Waals surface area contributed by atoms with Gasteiger partial charge in [0.25, 0.3) is 0 Å². The highest BCUT2D eigenvalue weighted by atomic mass is 35.5. The summed E-state index contributed by atoms with van der Waals surface area (Å²) >= 11 is 7.62. The topological polar surface area (TPSA) is 71.7 Å². The predicted molar refractivity (Wildman–Crippen MR) is 107 cm³/mol. The van der Waals surface area contributed by atoms with Crippen LogP contribution < -0.4 is 5.73 Å². The summed E-state index contributed by atoms with van der Waals surface area (Å²) in [4.78, 5) is 22.1. The minimum Gasteiger partial charge on any atom is -0.468 e. The summed E-state index contributed by atoms with van der Waals surface area (Å²) in [5, 5.41) is 1.22. The molecule has 142 valence electrons. The highest BCUT2D eigenvalue weighted by molar-refractivity contribution is 7.15. The molecule has 1 atom stereocenters. The second-order valence-electron chi connectivity index (χ2n) is 5.96. The van der Waals surface area contributed by atoms with Crippen LogP contribution in [0.2, 0.25) is 5.02 Å². The Balaban J connectivity index is 0.00000243. The molecule has 2 aromatic rings. The van der Waals surface area contributed by atoms with Gasteiger partial charge in [0.2, 0.25) is 0 Å². The van der Waals surface area contributed by atoms with Gasteiger partial charge in [-0.25, -0.2) is 9.78 Å². The molecule has 0 bridgehead atoms. The van der Waals surface area contributed by atoms with Gasteiger partial charge < -0.3 is 10.5 Å². The van der Waals surface area contributed by atoms with Crippen LogP contribution in [0.1, 0.15) is 16.5 Å². The van der Waals surface area contributed by atoms with E-state index in [4.69, 9.17) is 22.1 Å². The number of nitrogens with zero attached hydrogens (tertiary/aromatic N) is 3. The van der Waals surface area contributed by atoms with Crippen molar-refractivity contribution in [1.29, 1.82) is 0 Å². The van der Waals surface area contributed by atoms with Gasteiger partial charge in [-0.05, 0) is 17.7 Å². The summed E-state index contributed by atoms with van der Waals surface area (Å²) in [6.45, 7) is 4.13. The molecule has 1 aromatic heterocycles. The molecule has 26 heavy (non-hydrogen) atoms. The van der Waals surface area contributed by atoms with E-state index in [2.05, 4.69) is 14.8 Å². The van der Waals surface area contributed by atoms with E-state index in [1.165, 1.54) is 18.4 Å². The largest absolute Gasteiger partial charge is 0.468 e. The SMILES string of the molecule is COC(=O)C(c1cccc(Cl)c1)N1CCN(Cc2cnc(N)s2)CC1.Cl. The van der Waals surface area contributed by atoms with Crippen molar-refractivity contribution < 1.29 is 9.53 Å². The first-order valence-electron chi connectivity index (χ1n) is 8.06. The monoisotopic (exact) mass is 416 g/mol. The zero-order chi connectivity index (χ0) is 17.8. The maximum absolute atomic E-state index is 12.4. The van der Waals surface area contributed by atoms with Crippen LogP contribution in [0.15, 0.2) is 30.5 Å². The molecular weight excluding hydrogens is 395 g/mol. The number of hydrogen-bond donors (Lipinski definition) is 1. The van der Waals surface area contributed by atoms with Crippen LogP contribution in [-0.2, 0) is 16.1 Å². The summed E-state index contributed by atoms with van der Waals surface area (Å²) in [6, 6.07) is 6.98. The number of thiazole rings is 1. The second kappa shape index (κ2) is 9.53. The van der Waals surface area contributed by atoms with Gasteiger partial charge in [0.05, 0.1) is 7.11 Å². The lowest BCUT2D eigenvalue weighted by Gasteiger charge is -2.38. The number of piperazine rings is 1. The van der Waals surface area contributed by atoms with Crippen LogP contribution in [0.5, 0.6) is 0 Å². The highest BCUT2D eigenvalue weighted by Crippen LogP contribution is 2.26. The number of benzene rings is 1. The molecule has 1 aromatic carbocycles. The molecule has 2 N–H and O–H groups in total. The molecule has 1 aliphatic heterocycles. The van der Waals surface area contributed by atoms with Crippen molar-refractivity contribution >= 4 is 46.4 Å². The molecule has 1 unspecified atom stereocenters. The summed E-state index contributed by atoms with van der Waals surface area (Å²) < 4.78 is 5.03. The molecule has 1 saturated heterocycles. The molecule has 0 aliphatic carbocycles. The Morgan fingerprint density at radius 1 is 1.38 bits per heavy atom. The number of halogens is 2. The Morgan fingerprint density at radius 2 is 2.12 bits per heavy atom. The summed E-state index contributed by atoms with van der Waals surface area (Å²) in [5.41, 5.74) is 6.55. The van der Waals surface area contributed by atoms with E-state index in [9.17, 15) is 4.79 Å². The number of carbonyl (C=O) groups excluding carboxylic acids is 1. The minimum absolute atomic E-state index is 0. The fraction of sp³-hybridized carbons (Fsp3) is 0.412. The summed E-state index contributed by atoms with van der Waals surface area (Å²) in [5.74, 6) is -0.258. The van der Waals surface area contributed by atoms with Crippen molar-refractivity contribution in [2.45, 2.75) is 12.6 Å². The van der Waals surface area contributed by atoms with Gasteiger partial charge in [-0.3, -0.25) is 9.80 Å². The normalized spacial score (nSPS) is 16.7. The molecule has 1 fully saturated rings. The number of esters is 1. The van der Waals surface area contributed by atoms with E-state index in [-0.39, 0.29) is 18.4 Å². The molecule has 6 nitrogen and oxygen atoms in total. The Labute approximate surface area is 168 Å². The third kappa shape index (κ3) is 5.08. The number of methoxy groups -OCH3 is 1. The number of nitrogen functional groups attached to an aromatic ring is 1. The third-order valence-corrected chi connectivity index (χ3v) is 5.36. The fourth-order valence-electron chi connectivity index (χ4n) is 3.08. The van der Waals surface area contributed by atoms with Crippen LogP contribution in [0.3, 0.4) is 0 Å². The quantitative estimate of drug-likeness (QED) is 0.755. The number of rotatable bonds is 5. The molecule has 3 rings (SSSR count). The van der Waals surface area contributed by atoms with Crippen molar-refractivity contribution in [1.82, 2.24) is 14.8 Å². The Hall–Kier alpha value is -1.38. The highest BCUT2D eigenvalue weighted by Gasteiger charge is 2.31. The average molecular weight is 417 g/mol. The number of carbonyl (C=O) groups is 1. The lowest BCUT2D eigenvalue weighted by Crippen LogP contribution is -2.49. The van der Waals surface area contributed by atoms with E-state index in [0.29, 0.717) is 10.2 Å². The Kier molecular flexibility index (Phi) is 7.67. The molecule has 9 heteroatoms. The number of nitrogens with two attached hydrogens (primary N) is 1. The van der Waals surface area contributed by atoms with Crippen LogP contribution in [-0.4, -0.2) is 54.0 Å². The lowest BCUT2D eigenvalue weighted by atomic mass is 10.0. The standard InChI is InChI=1S/C17H21ClN4O2S.ClH/c1-24-16(23)15(12-3-2-4-13(18)9-12)22-7-5-21(6-8-22)11-14-10-20-17(19)25-14;/h2-4,9-10,15H,5-8,11H2,1H3,(H2,19,20);1H. The Morgan fingerprint density at radius 3 is 2.69 bits per heavy atom. The van der Waals surface area contributed by atoms with E-state index < -0.39 is 6.04 Å². The zero-order valence-electron chi connectivity index (χ0n) is 14.4. The minimum atomic E-state index is -0.426. The van der Waals surface area contributed by atoms with Gasteiger partial charge in [-0.15, -0.1) is 23.7 Å². The van der Waals surface area contributed by atoms with Crippen LogP contribution in [0.25, 0.3) is 0 Å². The molecule has 1 aliphatic rings. The van der Waals surface area contributed by atoms with Gasteiger partial charge in [-0.2, -0.15) is 0 Å². The first-order chi connectivity index (χ1) is 12.1.